The lowest BCUT2D eigenvalue weighted by molar-refractivity contribution is 0.336. The number of halogens is 1. The van der Waals surface area contributed by atoms with Crippen LogP contribution in [0.1, 0.15) is 25.3 Å². The van der Waals surface area contributed by atoms with Gasteiger partial charge < -0.3 is 10.5 Å². The lowest BCUT2D eigenvalue weighted by Gasteiger charge is -2.10. The quantitative estimate of drug-likeness (QED) is 0.807. The Hall–Kier alpha value is -0.540. The van der Waals surface area contributed by atoms with Crippen molar-refractivity contribution in [3.05, 3.63) is 28.2 Å². The van der Waals surface area contributed by atoms with Crippen molar-refractivity contribution in [3.8, 4) is 5.75 Å². The van der Waals surface area contributed by atoms with Gasteiger partial charge in [-0.1, -0.05) is 15.9 Å². The van der Waals surface area contributed by atoms with E-state index in [1.165, 1.54) is 5.56 Å². The van der Waals surface area contributed by atoms with Crippen molar-refractivity contribution in [2.45, 2.75) is 26.2 Å². The average molecular weight is 272 g/mol. The lowest BCUT2D eigenvalue weighted by Crippen LogP contribution is -2.01. The van der Waals surface area contributed by atoms with Crippen molar-refractivity contribution in [2.24, 2.45) is 5.73 Å². The second-order valence-corrected chi connectivity index (χ2v) is 4.35. The van der Waals surface area contributed by atoms with Crippen LogP contribution in [0.3, 0.4) is 0 Å². The predicted octanol–water partition coefficient (Wildman–Crippen LogP) is 3.13. The van der Waals surface area contributed by atoms with E-state index in [1.54, 1.807) is 0 Å². The van der Waals surface area contributed by atoms with Crippen molar-refractivity contribution in [3.63, 3.8) is 0 Å². The molecule has 0 saturated carbocycles. The Morgan fingerprint density at radius 2 is 2.13 bits per heavy atom. The number of hydrogen-bond acceptors (Lipinski definition) is 2. The number of aryl methyl sites for hydroxylation is 1. The number of ether oxygens (including phenoxy) is 1. The number of benzene rings is 1. The van der Waals surface area contributed by atoms with Gasteiger partial charge in [0, 0.05) is 4.47 Å². The van der Waals surface area contributed by atoms with E-state index in [4.69, 9.17) is 10.5 Å². The molecular formula is C12H18BrNO. The zero-order valence-electron chi connectivity index (χ0n) is 9.13. The van der Waals surface area contributed by atoms with Crippen LogP contribution >= 0.6 is 15.9 Å². The molecule has 1 rings (SSSR count). The van der Waals surface area contributed by atoms with Crippen molar-refractivity contribution < 1.29 is 4.74 Å². The summed E-state index contributed by atoms with van der Waals surface area (Å²) in [6, 6.07) is 6.16. The largest absolute Gasteiger partial charge is 0.494 e. The fraction of sp³-hybridized carbons (Fsp3) is 0.500. The van der Waals surface area contributed by atoms with Crippen LogP contribution in [-0.2, 0) is 6.42 Å². The summed E-state index contributed by atoms with van der Waals surface area (Å²) in [6.07, 6.45) is 3.22. The van der Waals surface area contributed by atoms with Gasteiger partial charge in [0.25, 0.3) is 0 Å². The smallest absolute Gasteiger partial charge is 0.122 e. The van der Waals surface area contributed by atoms with Crippen LogP contribution in [0.15, 0.2) is 22.7 Å². The highest BCUT2D eigenvalue weighted by molar-refractivity contribution is 9.10. The summed E-state index contributed by atoms with van der Waals surface area (Å²) in [6.45, 7) is 3.48. The molecule has 2 nitrogen and oxygen atoms in total. The van der Waals surface area contributed by atoms with Gasteiger partial charge >= 0.3 is 0 Å². The lowest BCUT2D eigenvalue weighted by atomic mass is 10.1. The van der Waals surface area contributed by atoms with Crippen LogP contribution in [0.4, 0.5) is 0 Å². The van der Waals surface area contributed by atoms with Gasteiger partial charge in [0.1, 0.15) is 5.75 Å². The Morgan fingerprint density at radius 1 is 1.33 bits per heavy atom. The summed E-state index contributed by atoms with van der Waals surface area (Å²) in [5, 5.41) is 0. The van der Waals surface area contributed by atoms with Gasteiger partial charge in [0.05, 0.1) is 6.61 Å². The Labute approximate surface area is 99.9 Å². The first-order valence-corrected chi connectivity index (χ1v) is 6.18. The molecule has 0 bridgehead atoms. The second-order valence-electron chi connectivity index (χ2n) is 3.43. The zero-order valence-corrected chi connectivity index (χ0v) is 10.7. The molecule has 0 spiro atoms. The van der Waals surface area contributed by atoms with E-state index < -0.39 is 0 Å². The minimum Gasteiger partial charge on any atom is -0.494 e. The maximum absolute atomic E-state index is 5.57. The van der Waals surface area contributed by atoms with Gasteiger partial charge in [-0.25, -0.2) is 0 Å². The highest BCUT2D eigenvalue weighted by Crippen LogP contribution is 2.24. The Morgan fingerprint density at radius 3 is 2.80 bits per heavy atom. The molecule has 1 aromatic carbocycles. The summed E-state index contributed by atoms with van der Waals surface area (Å²) in [5.41, 5.74) is 6.74. The molecule has 84 valence electrons. The summed E-state index contributed by atoms with van der Waals surface area (Å²) in [4.78, 5) is 0. The zero-order chi connectivity index (χ0) is 11.1. The molecule has 3 heteroatoms. The fourth-order valence-electron chi connectivity index (χ4n) is 1.50. The Balaban J connectivity index is 2.68. The summed E-state index contributed by atoms with van der Waals surface area (Å²) in [7, 11) is 0. The number of nitrogens with two attached hydrogens (primary N) is 1. The summed E-state index contributed by atoms with van der Waals surface area (Å²) < 4.78 is 6.68. The topological polar surface area (TPSA) is 35.2 Å². The van der Waals surface area contributed by atoms with Crippen molar-refractivity contribution in [2.75, 3.05) is 13.2 Å². The molecule has 2 N–H and O–H groups in total. The molecule has 0 saturated heterocycles. The van der Waals surface area contributed by atoms with Crippen molar-refractivity contribution in [1.29, 1.82) is 0 Å². The van der Waals surface area contributed by atoms with Crippen molar-refractivity contribution in [1.82, 2.24) is 0 Å². The third kappa shape index (κ3) is 4.22. The van der Waals surface area contributed by atoms with Gasteiger partial charge in [0.2, 0.25) is 0 Å². The molecule has 0 atom stereocenters. The average Bonchev–Trinajstić information content (AvgIpc) is 2.22. The molecule has 1 aromatic rings. The number of rotatable bonds is 6. The van der Waals surface area contributed by atoms with Crippen LogP contribution in [-0.4, -0.2) is 13.2 Å². The number of hydrogen-bond donors (Lipinski definition) is 1. The van der Waals surface area contributed by atoms with Crippen LogP contribution in [0, 0.1) is 0 Å². The molecule has 0 aliphatic rings. The first kappa shape index (κ1) is 12.5. The van der Waals surface area contributed by atoms with Crippen LogP contribution < -0.4 is 10.5 Å². The third-order valence-electron chi connectivity index (χ3n) is 2.22. The van der Waals surface area contributed by atoms with E-state index >= 15 is 0 Å². The second kappa shape index (κ2) is 6.85. The Kier molecular flexibility index (Phi) is 5.73. The van der Waals surface area contributed by atoms with E-state index in [-0.39, 0.29) is 0 Å². The molecule has 0 heterocycles. The minimum atomic E-state index is 0.714. The van der Waals surface area contributed by atoms with Crippen LogP contribution in [0.2, 0.25) is 0 Å². The third-order valence-corrected chi connectivity index (χ3v) is 2.72. The molecule has 0 aromatic heterocycles. The normalized spacial score (nSPS) is 10.3. The van der Waals surface area contributed by atoms with Gasteiger partial charge in [-0.15, -0.1) is 0 Å². The Bertz CT molecular complexity index is 302. The predicted molar refractivity (Wildman–Crippen MR) is 67.3 cm³/mol. The molecule has 0 fully saturated rings. The molecule has 0 amide bonds. The van der Waals surface area contributed by atoms with E-state index in [0.29, 0.717) is 6.61 Å². The monoisotopic (exact) mass is 271 g/mol. The SMILES string of the molecule is CCOc1ccc(Br)cc1CCCCN. The van der Waals surface area contributed by atoms with E-state index in [1.807, 2.05) is 19.1 Å². The van der Waals surface area contributed by atoms with Gasteiger partial charge in [0.15, 0.2) is 0 Å². The molecule has 0 aliphatic heterocycles. The highest BCUT2D eigenvalue weighted by Gasteiger charge is 2.03. The maximum Gasteiger partial charge on any atom is 0.122 e. The minimum absolute atomic E-state index is 0.714. The van der Waals surface area contributed by atoms with Gasteiger partial charge in [-0.3, -0.25) is 0 Å². The maximum atomic E-state index is 5.57. The first-order valence-electron chi connectivity index (χ1n) is 5.39. The molecule has 15 heavy (non-hydrogen) atoms. The number of unbranched alkanes of at least 4 members (excludes halogenated alkanes) is 1. The van der Waals surface area contributed by atoms with Crippen LogP contribution in [0.5, 0.6) is 5.75 Å². The van der Waals surface area contributed by atoms with E-state index in [0.717, 1.165) is 36.0 Å². The standard InChI is InChI=1S/C12H18BrNO/c1-2-15-12-7-6-11(13)9-10(12)5-3-4-8-14/h6-7,9H,2-5,8,14H2,1H3. The van der Waals surface area contributed by atoms with Gasteiger partial charge in [-0.05, 0) is 56.5 Å². The van der Waals surface area contributed by atoms with E-state index in [2.05, 4.69) is 22.0 Å². The molecule has 0 radical (unpaired) electrons. The summed E-state index contributed by atoms with van der Waals surface area (Å²) >= 11 is 3.48. The van der Waals surface area contributed by atoms with E-state index in [9.17, 15) is 0 Å². The first-order chi connectivity index (χ1) is 7.27. The van der Waals surface area contributed by atoms with Gasteiger partial charge in [-0.2, -0.15) is 0 Å². The summed E-state index contributed by atoms with van der Waals surface area (Å²) in [5.74, 6) is 0.998. The van der Waals surface area contributed by atoms with Crippen molar-refractivity contribution >= 4 is 15.9 Å². The highest BCUT2D eigenvalue weighted by atomic mass is 79.9. The molecule has 0 unspecified atom stereocenters. The molecular weight excluding hydrogens is 254 g/mol. The van der Waals surface area contributed by atoms with Crippen LogP contribution in [0.25, 0.3) is 0 Å². The molecule has 0 aliphatic carbocycles. The fourth-order valence-corrected chi connectivity index (χ4v) is 1.91.